The summed E-state index contributed by atoms with van der Waals surface area (Å²) in [6.45, 7) is 1.89. The summed E-state index contributed by atoms with van der Waals surface area (Å²) in [7, 11) is 0. The lowest BCUT2D eigenvalue weighted by Gasteiger charge is -2.02. The van der Waals surface area contributed by atoms with E-state index < -0.39 is 0 Å². The summed E-state index contributed by atoms with van der Waals surface area (Å²) in [6, 6.07) is 14.3. The minimum Gasteiger partial charge on any atom is -0.358 e. The largest absolute Gasteiger partial charge is 0.358 e. The van der Waals surface area contributed by atoms with Crippen molar-refractivity contribution < 1.29 is 4.79 Å². The highest BCUT2D eigenvalue weighted by atomic mass is 16.1. The molecule has 1 aromatic heterocycles. The second kappa shape index (κ2) is 5.15. The van der Waals surface area contributed by atoms with Crippen molar-refractivity contribution >= 4 is 22.4 Å². The lowest BCUT2D eigenvalue weighted by atomic mass is 10.0. The molecule has 0 aliphatic carbocycles. The van der Waals surface area contributed by atoms with Crippen molar-refractivity contribution in [2.75, 3.05) is 0 Å². The van der Waals surface area contributed by atoms with Gasteiger partial charge in [-0.15, -0.1) is 0 Å². The predicted molar refractivity (Wildman–Crippen MR) is 81.7 cm³/mol. The molecule has 0 spiro atoms. The standard InChI is InChI=1S/C16H12N4O/c1-10-15(13-4-2-3-5-14(13)18-10)16(21)11-6-8-12(9-7-11)19-20-17/h2-9,18H,1H3. The Labute approximate surface area is 120 Å². The minimum atomic E-state index is -0.0440. The van der Waals surface area contributed by atoms with E-state index in [-0.39, 0.29) is 5.78 Å². The van der Waals surface area contributed by atoms with E-state index in [0.29, 0.717) is 16.8 Å². The Kier molecular flexibility index (Phi) is 3.18. The monoisotopic (exact) mass is 276 g/mol. The summed E-state index contributed by atoms with van der Waals surface area (Å²) in [5.74, 6) is -0.0440. The molecule has 0 aliphatic rings. The molecule has 1 heterocycles. The highest BCUT2D eigenvalue weighted by Gasteiger charge is 2.17. The maximum Gasteiger partial charge on any atom is 0.195 e. The SMILES string of the molecule is Cc1[nH]c2ccccc2c1C(=O)c1ccc(N=[N+]=[N-])cc1. The first-order valence-electron chi connectivity index (χ1n) is 6.48. The maximum absolute atomic E-state index is 12.7. The van der Waals surface area contributed by atoms with Crippen LogP contribution >= 0.6 is 0 Å². The van der Waals surface area contributed by atoms with Crippen LogP contribution in [0.25, 0.3) is 21.3 Å². The normalized spacial score (nSPS) is 10.3. The molecule has 0 fully saturated rings. The van der Waals surface area contributed by atoms with Crippen LogP contribution in [0.15, 0.2) is 53.6 Å². The van der Waals surface area contributed by atoms with E-state index in [0.717, 1.165) is 16.6 Å². The Morgan fingerprint density at radius 3 is 2.57 bits per heavy atom. The van der Waals surface area contributed by atoms with Gasteiger partial charge in [-0.3, -0.25) is 4.79 Å². The van der Waals surface area contributed by atoms with Gasteiger partial charge in [0.15, 0.2) is 5.78 Å². The molecule has 0 amide bonds. The smallest absolute Gasteiger partial charge is 0.195 e. The topological polar surface area (TPSA) is 81.6 Å². The fourth-order valence-electron chi connectivity index (χ4n) is 2.44. The molecule has 0 atom stereocenters. The number of aromatic amines is 1. The molecular weight excluding hydrogens is 264 g/mol. The van der Waals surface area contributed by atoms with Gasteiger partial charge >= 0.3 is 0 Å². The van der Waals surface area contributed by atoms with E-state index in [1.165, 1.54) is 0 Å². The Morgan fingerprint density at radius 2 is 1.86 bits per heavy atom. The average molecular weight is 276 g/mol. The van der Waals surface area contributed by atoms with Gasteiger partial charge < -0.3 is 4.98 Å². The van der Waals surface area contributed by atoms with Crippen molar-refractivity contribution in [1.29, 1.82) is 0 Å². The number of azide groups is 1. The molecular formula is C16H12N4O. The second-order valence-corrected chi connectivity index (χ2v) is 4.74. The first-order valence-corrected chi connectivity index (χ1v) is 6.48. The number of rotatable bonds is 3. The number of carbonyl (C=O) groups is 1. The summed E-state index contributed by atoms with van der Waals surface area (Å²) in [5, 5.41) is 4.42. The number of H-pyrrole nitrogens is 1. The zero-order valence-electron chi connectivity index (χ0n) is 11.4. The Balaban J connectivity index is 2.08. The summed E-state index contributed by atoms with van der Waals surface area (Å²) >= 11 is 0. The van der Waals surface area contributed by atoms with Crippen molar-refractivity contribution in [3.8, 4) is 0 Å². The first kappa shape index (κ1) is 13.0. The van der Waals surface area contributed by atoms with Gasteiger partial charge in [0.1, 0.15) is 0 Å². The number of nitrogens with zero attached hydrogens (tertiary/aromatic N) is 3. The van der Waals surface area contributed by atoms with Crippen molar-refractivity contribution in [1.82, 2.24) is 4.98 Å². The van der Waals surface area contributed by atoms with Crippen LogP contribution in [0.2, 0.25) is 0 Å². The van der Waals surface area contributed by atoms with Gasteiger partial charge in [0.25, 0.3) is 0 Å². The molecule has 5 heteroatoms. The van der Waals surface area contributed by atoms with Crippen molar-refractivity contribution in [3.05, 3.63) is 75.8 Å². The van der Waals surface area contributed by atoms with E-state index >= 15 is 0 Å². The number of carbonyl (C=O) groups excluding carboxylic acids is 1. The van der Waals surface area contributed by atoms with Gasteiger partial charge in [-0.2, -0.15) is 0 Å². The number of benzene rings is 2. The van der Waals surface area contributed by atoms with Gasteiger partial charge in [-0.05, 0) is 18.5 Å². The van der Waals surface area contributed by atoms with Crippen molar-refractivity contribution in [3.63, 3.8) is 0 Å². The zero-order valence-corrected chi connectivity index (χ0v) is 11.4. The van der Waals surface area contributed by atoms with E-state index in [9.17, 15) is 4.79 Å². The number of aryl methyl sites for hydroxylation is 1. The average Bonchev–Trinajstić information content (AvgIpc) is 2.83. The van der Waals surface area contributed by atoms with E-state index in [1.54, 1.807) is 24.3 Å². The van der Waals surface area contributed by atoms with Crippen LogP contribution < -0.4 is 0 Å². The number of nitrogens with one attached hydrogen (secondary N) is 1. The number of hydrogen-bond donors (Lipinski definition) is 1. The first-order chi connectivity index (χ1) is 10.2. The lowest BCUT2D eigenvalue weighted by molar-refractivity contribution is 0.104. The van der Waals surface area contributed by atoms with Crippen molar-refractivity contribution in [2.45, 2.75) is 6.92 Å². The highest BCUT2D eigenvalue weighted by molar-refractivity contribution is 6.17. The molecule has 0 saturated carbocycles. The second-order valence-electron chi connectivity index (χ2n) is 4.74. The third kappa shape index (κ3) is 2.26. The number of aromatic nitrogens is 1. The number of fused-ring (bicyclic) bond motifs is 1. The molecule has 0 aliphatic heterocycles. The quantitative estimate of drug-likeness (QED) is 0.321. The molecule has 5 nitrogen and oxygen atoms in total. The molecule has 2 aromatic carbocycles. The van der Waals surface area contributed by atoms with Crippen molar-refractivity contribution in [2.24, 2.45) is 5.11 Å². The molecule has 3 rings (SSSR count). The van der Waals surface area contributed by atoms with Crippen LogP contribution in [0.5, 0.6) is 0 Å². The molecule has 102 valence electrons. The van der Waals surface area contributed by atoms with Crippen LogP contribution in [0.3, 0.4) is 0 Å². The molecule has 1 N–H and O–H groups in total. The molecule has 0 saturated heterocycles. The number of hydrogen-bond acceptors (Lipinski definition) is 2. The van der Waals surface area contributed by atoms with Crippen LogP contribution in [0.1, 0.15) is 21.6 Å². The van der Waals surface area contributed by atoms with E-state index in [4.69, 9.17) is 5.53 Å². The number of para-hydroxylation sites is 1. The third-order valence-corrected chi connectivity index (χ3v) is 3.41. The fraction of sp³-hybridized carbons (Fsp3) is 0.0625. The molecule has 0 radical (unpaired) electrons. The molecule has 3 aromatic rings. The predicted octanol–water partition coefficient (Wildman–Crippen LogP) is 4.65. The maximum atomic E-state index is 12.7. The summed E-state index contributed by atoms with van der Waals surface area (Å²) in [6.07, 6.45) is 0. The van der Waals surface area contributed by atoms with Crippen LogP contribution in [0, 0.1) is 6.92 Å². The van der Waals surface area contributed by atoms with E-state index in [1.807, 2.05) is 31.2 Å². The van der Waals surface area contributed by atoms with Crippen LogP contribution in [-0.4, -0.2) is 10.8 Å². The van der Waals surface area contributed by atoms with E-state index in [2.05, 4.69) is 15.0 Å². The molecule has 0 unspecified atom stereocenters. The lowest BCUT2D eigenvalue weighted by Crippen LogP contribution is -2.02. The third-order valence-electron chi connectivity index (χ3n) is 3.41. The van der Waals surface area contributed by atoms with Crippen LogP contribution in [-0.2, 0) is 0 Å². The van der Waals surface area contributed by atoms with Gasteiger partial charge in [-0.25, -0.2) is 0 Å². The Morgan fingerprint density at radius 1 is 1.14 bits per heavy atom. The minimum absolute atomic E-state index is 0.0440. The highest BCUT2D eigenvalue weighted by Crippen LogP contribution is 2.25. The van der Waals surface area contributed by atoms with Crippen LogP contribution in [0.4, 0.5) is 5.69 Å². The fourth-order valence-corrected chi connectivity index (χ4v) is 2.44. The molecule has 0 bridgehead atoms. The van der Waals surface area contributed by atoms with Gasteiger partial charge in [0.05, 0.1) is 5.56 Å². The van der Waals surface area contributed by atoms with Gasteiger partial charge in [0, 0.05) is 32.8 Å². The summed E-state index contributed by atoms with van der Waals surface area (Å²) < 4.78 is 0. The molecule has 21 heavy (non-hydrogen) atoms. The van der Waals surface area contributed by atoms with Gasteiger partial charge in [-0.1, -0.05) is 47.6 Å². The van der Waals surface area contributed by atoms with Gasteiger partial charge in [0.2, 0.25) is 0 Å². The Bertz CT molecular complexity index is 871. The Hall–Kier alpha value is -3.04. The summed E-state index contributed by atoms with van der Waals surface area (Å²) in [5.41, 5.74) is 11.9. The summed E-state index contributed by atoms with van der Waals surface area (Å²) in [4.78, 5) is 18.6. The zero-order chi connectivity index (χ0) is 14.8. The number of ketones is 1.